The Morgan fingerprint density at radius 3 is 1.05 bits per heavy atom. The molecule has 7 aliphatic heterocycles. The lowest BCUT2D eigenvalue weighted by Crippen LogP contribution is -2.59. The van der Waals surface area contributed by atoms with Crippen molar-refractivity contribution in [1.82, 2.24) is 0 Å². The summed E-state index contributed by atoms with van der Waals surface area (Å²) in [6.45, 7) is 53.0. The number of phenols is 5. The van der Waals surface area contributed by atoms with E-state index in [1.165, 1.54) is 105 Å². The second-order valence-corrected chi connectivity index (χ2v) is 46.7. The Hall–Kier alpha value is -8.66. The predicted molar refractivity (Wildman–Crippen MR) is 535 cm³/mol. The second kappa shape index (κ2) is 39.3. The van der Waals surface area contributed by atoms with Crippen molar-refractivity contribution in [3.63, 3.8) is 0 Å². The molecule has 732 valence electrons. The van der Waals surface area contributed by atoms with Gasteiger partial charge in [0.25, 0.3) is 0 Å². The lowest BCUT2D eigenvalue weighted by Gasteiger charge is -2.62. The highest BCUT2D eigenvalue weighted by Gasteiger charge is 2.71. The van der Waals surface area contributed by atoms with Crippen LogP contribution in [0.15, 0.2) is 84.9 Å². The van der Waals surface area contributed by atoms with Crippen LogP contribution >= 0.6 is 0 Å². The van der Waals surface area contributed by atoms with Gasteiger partial charge in [-0.05, 0) is 360 Å². The normalized spacial score (nSPS) is 29.1. The Bertz CT molecular complexity index is 5330. The highest BCUT2D eigenvalue weighted by molar-refractivity contribution is 6.05. The lowest BCUT2D eigenvalue weighted by molar-refractivity contribution is -0.121. The zero-order chi connectivity index (χ0) is 97.2. The van der Waals surface area contributed by atoms with Gasteiger partial charge in [0, 0.05) is 76.5 Å². The number of unbranched alkanes of at least 4 members (excludes halogenated alkanes) is 6. The van der Waals surface area contributed by atoms with Gasteiger partial charge in [-0.25, -0.2) is 0 Å². The Labute approximate surface area is 802 Å². The maximum absolute atomic E-state index is 12.9. The smallest absolute Gasteiger partial charge is 0.177 e. The van der Waals surface area contributed by atoms with E-state index < -0.39 is 23.0 Å². The van der Waals surface area contributed by atoms with Gasteiger partial charge in [0.2, 0.25) is 0 Å². The van der Waals surface area contributed by atoms with Gasteiger partial charge in [-0.1, -0.05) is 139 Å². The lowest BCUT2D eigenvalue weighted by atomic mass is 9.45. The van der Waals surface area contributed by atoms with Crippen LogP contribution in [0.25, 0.3) is 0 Å². The summed E-state index contributed by atoms with van der Waals surface area (Å²) in [5, 5.41) is 52.5. The number of aryl methyl sites for hydroxylation is 6. The van der Waals surface area contributed by atoms with Gasteiger partial charge < -0.3 is 68.3 Å². The van der Waals surface area contributed by atoms with E-state index in [0.717, 1.165) is 190 Å². The van der Waals surface area contributed by atoms with Gasteiger partial charge in [0.15, 0.2) is 11.6 Å². The van der Waals surface area contributed by atoms with Gasteiger partial charge in [-0.15, -0.1) is 0 Å². The number of benzene rings is 6. The molecule has 0 saturated heterocycles. The standard InChI is InChI=1S/2C21H30O2.C20H28O4.2C19H26O2.C18H24O4/c1-5-6-7-8-14-11-17-19-15-13-21(4,23-18(19)12-14)10-9-16(15)20(2,3)22-17;1-5-6-7-8-13-11-15(22)17-16(12-13)23-21(4)10-9-14-18(21)19(17)20(14,2)3;1-5-6-7-8-14-11-16(22)18-17(12-14)24-20(3,4)15(19(18)23)10-9-13(2)21;1-5-6-11-9-13(20)15-14(10-11)21-19(4)8-7-12-16(19)17(15)18(12,2)3;1-5-6-13-9-16(20)18-15-11-19(4,21-17(18)10-13)8-7-14(15)12(2)3;1-5-6-12-9-14(20)16-15(10-12)22-18(3,4)13(17(16)21)8-7-11(2)19/h11-12,15-16H,5-10,13H2,1-4H3;11-12,14,18-19,22H,5-10H2,1-4H3;11-12,15,22H,5-10H2,1-4H3;9-10,12,16-17,20H,5-8H2,1-4H3;9-10,14-15,20H,2,5-8,11H2,1,3-4H3;9-10,13,20H,5-8H2,1-4H3/t;14-,18+,19+,21+;;12-,16+,17+,19+;14-,15+,19+;/m.0.00./s1. The van der Waals surface area contributed by atoms with Gasteiger partial charge >= 0.3 is 0 Å². The summed E-state index contributed by atoms with van der Waals surface area (Å²) < 4.78 is 44.3. The molecule has 6 aliphatic carbocycles. The number of carbonyl (C=O) groups is 4. The molecule has 0 amide bonds. The molecular formula is C118H164O16. The van der Waals surface area contributed by atoms with Crippen LogP contribution in [0.4, 0.5) is 0 Å². The average Bonchev–Trinajstić information content (AvgIpc) is 1.24. The number of phenolic OH excluding ortho intramolecular Hbond substituents is 5. The first-order valence-corrected chi connectivity index (χ1v) is 52.2. The fraction of sp³-hybridized carbons (Fsp3) is 0.644. The third-order valence-electron chi connectivity index (χ3n) is 34.2. The van der Waals surface area contributed by atoms with E-state index in [1.807, 2.05) is 58.0 Å². The average molecular weight is 1840 g/mol. The summed E-state index contributed by atoms with van der Waals surface area (Å²) >= 11 is 0. The molecule has 5 unspecified atom stereocenters. The number of rotatable bonds is 25. The van der Waals surface area contributed by atoms with E-state index in [4.69, 9.17) is 33.2 Å². The number of ether oxygens (including phenoxy) is 7. The predicted octanol–water partition coefficient (Wildman–Crippen LogP) is 28.8. The third kappa shape index (κ3) is 19.9. The van der Waals surface area contributed by atoms with Crippen molar-refractivity contribution in [2.45, 2.75) is 428 Å². The van der Waals surface area contributed by atoms with E-state index in [0.29, 0.717) is 102 Å². The molecule has 19 rings (SSSR count). The fourth-order valence-electron chi connectivity index (χ4n) is 27.3. The minimum Gasteiger partial charge on any atom is -0.508 e. The van der Waals surface area contributed by atoms with Gasteiger partial charge in [-0.2, -0.15) is 0 Å². The summed E-state index contributed by atoms with van der Waals surface area (Å²) in [7, 11) is 0. The van der Waals surface area contributed by atoms with Crippen molar-refractivity contribution in [3.05, 3.63) is 152 Å². The molecule has 6 saturated carbocycles. The Balaban J connectivity index is 0.000000129. The topological polar surface area (TPSA) is 234 Å². The maximum atomic E-state index is 12.9. The first-order valence-electron chi connectivity index (χ1n) is 52.2. The Kier molecular flexibility index (Phi) is 29.7. The van der Waals surface area contributed by atoms with E-state index in [2.05, 4.69) is 155 Å². The van der Waals surface area contributed by atoms with Crippen LogP contribution in [0.5, 0.6) is 69.0 Å². The molecule has 0 spiro atoms. The van der Waals surface area contributed by atoms with Crippen LogP contribution in [-0.2, 0) is 48.1 Å². The molecular weight excluding hydrogens is 1670 g/mol. The van der Waals surface area contributed by atoms with Gasteiger partial charge in [-0.3, -0.25) is 9.59 Å². The first-order chi connectivity index (χ1) is 63.1. The maximum Gasteiger partial charge on any atom is 0.177 e. The molecule has 6 fully saturated rings. The summed E-state index contributed by atoms with van der Waals surface area (Å²) in [5.41, 5.74) is 12.3. The molecule has 6 aromatic rings. The van der Waals surface area contributed by atoms with E-state index in [1.54, 1.807) is 12.1 Å². The molecule has 16 heteroatoms. The number of hydrogen-bond acceptors (Lipinski definition) is 16. The molecule has 16 nitrogen and oxygen atoms in total. The van der Waals surface area contributed by atoms with E-state index in [9.17, 15) is 44.7 Å². The molecule has 16 atom stereocenters. The molecule has 13 aliphatic rings. The highest BCUT2D eigenvalue weighted by atomic mass is 16.5. The minimum absolute atomic E-state index is 0.00711. The number of carbonyl (C=O) groups excluding carboxylic acids is 4. The van der Waals surface area contributed by atoms with Crippen molar-refractivity contribution < 1.29 is 77.9 Å². The number of hydrogen-bond donors (Lipinski definition) is 5. The zero-order valence-corrected chi connectivity index (χ0v) is 85.9. The number of ketones is 4. The number of fused-ring (bicyclic) bond motifs is 11. The molecule has 0 aromatic heterocycles. The van der Waals surface area contributed by atoms with Crippen LogP contribution < -0.4 is 33.2 Å². The van der Waals surface area contributed by atoms with Crippen LogP contribution in [0.3, 0.4) is 0 Å². The summed E-state index contributed by atoms with van der Waals surface area (Å²) in [5.74, 6) is 11.9. The summed E-state index contributed by atoms with van der Waals surface area (Å²) in [6.07, 6.45) is 32.8. The van der Waals surface area contributed by atoms with Crippen molar-refractivity contribution in [2.75, 3.05) is 0 Å². The summed E-state index contributed by atoms with van der Waals surface area (Å²) in [4.78, 5) is 48.2. The highest BCUT2D eigenvalue weighted by Crippen LogP contribution is 2.76. The Morgan fingerprint density at radius 1 is 0.351 bits per heavy atom. The van der Waals surface area contributed by atoms with Gasteiger partial charge in [0.05, 0.1) is 11.8 Å². The minimum atomic E-state index is -0.686. The van der Waals surface area contributed by atoms with Crippen LogP contribution in [-0.4, -0.2) is 87.9 Å². The number of Topliss-reactive ketones (excluding diaryl/α,β-unsaturated/α-hetero) is 4. The molecule has 7 heterocycles. The van der Waals surface area contributed by atoms with E-state index >= 15 is 0 Å². The molecule has 5 N–H and O–H groups in total. The third-order valence-corrected chi connectivity index (χ3v) is 34.2. The Morgan fingerprint density at radius 2 is 0.672 bits per heavy atom. The second-order valence-electron chi connectivity index (χ2n) is 46.7. The SMILES string of the molecule is C=C(C)[C@@H]1CC[C@]2(C)C[C@H]1c1c(O)cc(CCC)cc1O2.CCCCCc1cc(O)c2c(c1)OC(C)(C)C(CCC(C)=O)C2=O.CCCCCc1cc(O)c2c(c1)O[C@]1(C)CC[C@H]3[C@@H]1[C@@H]2C3(C)C.CCCCCc1cc2c3c(c1)OC(C)(C)C1CCC(C)(CC31)O2.CCCc1cc(O)c2c(c1)OC(C)(C)C(CCC(C)=O)C2=O.CCCc1cc(O)c2c(c1)O[C@]1(C)CC[C@H]3[C@@H]1[C@@H]2C3(C)C. The van der Waals surface area contributed by atoms with Crippen molar-refractivity contribution in [2.24, 2.45) is 58.2 Å². The van der Waals surface area contributed by atoms with E-state index in [-0.39, 0.29) is 84.6 Å². The van der Waals surface area contributed by atoms with Crippen LogP contribution in [0, 0.1) is 58.2 Å². The van der Waals surface area contributed by atoms with Gasteiger partial charge in [0.1, 0.15) is 131 Å². The molecule has 4 bridgehead atoms. The van der Waals surface area contributed by atoms with Crippen LogP contribution in [0.1, 0.15) is 426 Å². The molecule has 0 radical (unpaired) electrons. The quantitative estimate of drug-likeness (QED) is 0.0265. The monoisotopic (exact) mass is 1840 g/mol. The number of aromatic hydroxyl groups is 5. The van der Waals surface area contributed by atoms with Crippen molar-refractivity contribution in [1.29, 1.82) is 0 Å². The molecule has 134 heavy (non-hydrogen) atoms. The summed E-state index contributed by atoms with van der Waals surface area (Å²) in [6, 6.07) is 24.1. The fourth-order valence-corrected chi connectivity index (χ4v) is 27.3. The van der Waals surface area contributed by atoms with Crippen molar-refractivity contribution in [3.8, 4) is 69.0 Å². The van der Waals surface area contributed by atoms with Crippen molar-refractivity contribution >= 4 is 23.1 Å². The largest absolute Gasteiger partial charge is 0.508 e. The number of allylic oxidation sites excluding steroid dienone is 1. The first kappa shape index (κ1) is 101. The van der Waals surface area contributed by atoms with Crippen LogP contribution in [0.2, 0.25) is 0 Å². The molecule has 6 aromatic carbocycles. The zero-order valence-electron chi connectivity index (χ0n) is 85.9.